The molecule has 0 aliphatic carbocycles. The lowest BCUT2D eigenvalue weighted by Crippen LogP contribution is -2.27. The maximum absolute atomic E-state index is 13.8. The summed E-state index contributed by atoms with van der Waals surface area (Å²) in [5, 5.41) is 2.70. The minimum atomic E-state index is -0.589. The second-order valence-corrected chi connectivity index (χ2v) is 6.05. The number of halogens is 1. The standard InChI is InChI=1S/C21H21FN4O3/c1-3-29-16-6-4-14(5-7-16)18-9-11-23-20(26-18)21(27)24-10-8-15-12-17(28-2)13-25-19(15)22/h4-7,9,11-13H,3,8,10H2,1-2H3,(H,24,27). The Balaban J connectivity index is 1.63. The van der Waals surface area contributed by atoms with Gasteiger partial charge in [0.25, 0.3) is 5.91 Å². The summed E-state index contributed by atoms with van der Waals surface area (Å²) in [6, 6.07) is 10.7. The molecule has 0 unspecified atom stereocenters. The first kappa shape index (κ1) is 20.2. The van der Waals surface area contributed by atoms with Gasteiger partial charge in [-0.1, -0.05) is 0 Å². The Morgan fingerprint density at radius 1 is 1.14 bits per heavy atom. The smallest absolute Gasteiger partial charge is 0.289 e. The van der Waals surface area contributed by atoms with Gasteiger partial charge in [0.2, 0.25) is 11.8 Å². The zero-order valence-electron chi connectivity index (χ0n) is 16.2. The van der Waals surface area contributed by atoms with E-state index in [4.69, 9.17) is 9.47 Å². The molecule has 150 valence electrons. The number of methoxy groups -OCH3 is 1. The van der Waals surface area contributed by atoms with Crippen LogP contribution in [0.3, 0.4) is 0 Å². The lowest BCUT2D eigenvalue weighted by atomic mass is 10.1. The predicted molar refractivity (Wildman–Crippen MR) is 105 cm³/mol. The zero-order valence-corrected chi connectivity index (χ0v) is 16.2. The Bertz CT molecular complexity index is 980. The van der Waals surface area contributed by atoms with Gasteiger partial charge in [0, 0.05) is 23.9 Å². The van der Waals surface area contributed by atoms with Crippen LogP contribution >= 0.6 is 0 Å². The Hall–Kier alpha value is -3.55. The summed E-state index contributed by atoms with van der Waals surface area (Å²) >= 11 is 0. The number of carbonyl (C=O) groups excluding carboxylic acids is 1. The Kier molecular flexibility index (Phi) is 6.67. The van der Waals surface area contributed by atoms with E-state index in [1.54, 1.807) is 12.1 Å². The molecule has 1 aromatic carbocycles. The molecular formula is C21H21FN4O3. The van der Waals surface area contributed by atoms with E-state index in [1.165, 1.54) is 19.5 Å². The topological polar surface area (TPSA) is 86.2 Å². The van der Waals surface area contributed by atoms with Crippen LogP contribution < -0.4 is 14.8 Å². The molecule has 1 N–H and O–H groups in total. The highest BCUT2D eigenvalue weighted by atomic mass is 19.1. The van der Waals surface area contributed by atoms with Crippen molar-refractivity contribution < 1.29 is 18.7 Å². The van der Waals surface area contributed by atoms with Crippen molar-refractivity contribution >= 4 is 5.91 Å². The van der Waals surface area contributed by atoms with E-state index in [0.29, 0.717) is 23.6 Å². The first-order valence-electron chi connectivity index (χ1n) is 9.13. The first-order valence-corrected chi connectivity index (χ1v) is 9.13. The van der Waals surface area contributed by atoms with E-state index in [-0.39, 0.29) is 18.8 Å². The molecular weight excluding hydrogens is 375 g/mol. The van der Waals surface area contributed by atoms with Crippen molar-refractivity contribution in [2.75, 3.05) is 20.3 Å². The molecule has 0 saturated carbocycles. The second kappa shape index (κ2) is 9.59. The van der Waals surface area contributed by atoms with Crippen LogP contribution in [-0.4, -0.2) is 41.1 Å². The van der Waals surface area contributed by atoms with Gasteiger partial charge in [-0.2, -0.15) is 4.39 Å². The van der Waals surface area contributed by atoms with Crippen molar-refractivity contribution in [1.29, 1.82) is 0 Å². The fourth-order valence-corrected chi connectivity index (χ4v) is 2.67. The molecule has 0 atom stereocenters. The molecule has 2 aromatic heterocycles. The summed E-state index contributed by atoms with van der Waals surface area (Å²) < 4.78 is 24.2. The summed E-state index contributed by atoms with van der Waals surface area (Å²) in [6.07, 6.45) is 3.09. The highest BCUT2D eigenvalue weighted by Gasteiger charge is 2.12. The molecule has 0 spiro atoms. The van der Waals surface area contributed by atoms with E-state index in [0.717, 1.165) is 11.3 Å². The molecule has 3 rings (SSSR count). The lowest BCUT2D eigenvalue weighted by molar-refractivity contribution is 0.0943. The average Bonchev–Trinajstić information content (AvgIpc) is 2.76. The fourth-order valence-electron chi connectivity index (χ4n) is 2.67. The SMILES string of the molecule is CCOc1ccc(-c2ccnc(C(=O)NCCc3cc(OC)cnc3F)n2)cc1. The van der Waals surface area contributed by atoms with Gasteiger partial charge in [0.15, 0.2) is 0 Å². The molecule has 3 aromatic rings. The lowest BCUT2D eigenvalue weighted by Gasteiger charge is -2.08. The van der Waals surface area contributed by atoms with Crippen molar-refractivity contribution in [3.05, 3.63) is 66.1 Å². The van der Waals surface area contributed by atoms with Gasteiger partial charge in [-0.25, -0.2) is 15.0 Å². The van der Waals surface area contributed by atoms with Gasteiger partial charge in [0.1, 0.15) is 11.5 Å². The van der Waals surface area contributed by atoms with Crippen molar-refractivity contribution in [3.63, 3.8) is 0 Å². The van der Waals surface area contributed by atoms with Crippen LogP contribution in [0, 0.1) is 5.95 Å². The van der Waals surface area contributed by atoms with E-state index in [2.05, 4.69) is 20.3 Å². The summed E-state index contributed by atoms with van der Waals surface area (Å²) in [5.74, 6) is 0.241. The maximum atomic E-state index is 13.8. The second-order valence-electron chi connectivity index (χ2n) is 6.05. The molecule has 29 heavy (non-hydrogen) atoms. The third-order valence-corrected chi connectivity index (χ3v) is 4.12. The summed E-state index contributed by atoms with van der Waals surface area (Å²) in [5.41, 5.74) is 1.82. The number of aromatic nitrogens is 3. The third-order valence-electron chi connectivity index (χ3n) is 4.12. The summed E-state index contributed by atoms with van der Waals surface area (Å²) in [7, 11) is 1.48. The Morgan fingerprint density at radius 2 is 1.93 bits per heavy atom. The summed E-state index contributed by atoms with van der Waals surface area (Å²) in [6.45, 7) is 2.72. The number of nitrogens with one attached hydrogen (secondary N) is 1. The Morgan fingerprint density at radius 3 is 2.66 bits per heavy atom. The molecule has 0 aliphatic heterocycles. The average molecular weight is 396 g/mol. The van der Waals surface area contributed by atoms with Gasteiger partial charge < -0.3 is 14.8 Å². The van der Waals surface area contributed by atoms with Crippen molar-refractivity contribution in [2.45, 2.75) is 13.3 Å². The predicted octanol–water partition coefficient (Wildman–Crippen LogP) is 3.06. The van der Waals surface area contributed by atoms with Gasteiger partial charge in [-0.15, -0.1) is 0 Å². The number of pyridine rings is 1. The molecule has 0 radical (unpaired) electrons. The molecule has 0 saturated heterocycles. The number of hydrogen-bond acceptors (Lipinski definition) is 6. The number of carbonyl (C=O) groups is 1. The van der Waals surface area contributed by atoms with Crippen LogP contribution in [0.2, 0.25) is 0 Å². The van der Waals surface area contributed by atoms with Crippen molar-refractivity contribution in [1.82, 2.24) is 20.3 Å². The highest BCUT2D eigenvalue weighted by Crippen LogP contribution is 2.20. The quantitative estimate of drug-likeness (QED) is 0.589. The van der Waals surface area contributed by atoms with Crippen LogP contribution in [0.15, 0.2) is 48.8 Å². The molecule has 2 heterocycles. The third kappa shape index (κ3) is 5.25. The largest absolute Gasteiger partial charge is 0.495 e. The molecule has 0 bridgehead atoms. The van der Waals surface area contributed by atoms with Gasteiger partial charge >= 0.3 is 0 Å². The van der Waals surface area contributed by atoms with Crippen LogP contribution in [0.4, 0.5) is 4.39 Å². The number of benzene rings is 1. The van der Waals surface area contributed by atoms with Crippen molar-refractivity contribution in [2.24, 2.45) is 0 Å². The maximum Gasteiger partial charge on any atom is 0.289 e. The molecule has 0 aliphatic rings. The molecule has 0 fully saturated rings. The minimum absolute atomic E-state index is 0.0422. The fraction of sp³-hybridized carbons (Fsp3) is 0.238. The van der Waals surface area contributed by atoms with Crippen LogP contribution in [-0.2, 0) is 6.42 Å². The van der Waals surface area contributed by atoms with E-state index >= 15 is 0 Å². The number of nitrogens with zero attached hydrogens (tertiary/aromatic N) is 3. The van der Waals surface area contributed by atoms with E-state index < -0.39 is 11.9 Å². The van der Waals surface area contributed by atoms with Gasteiger partial charge in [-0.3, -0.25) is 4.79 Å². The number of amides is 1. The number of ether oxygens (including phenoxy) is 2. The summed E-state index contributed by atoms with van der Waals surface area (Å²) in [4.78, 5) is 24.4. The monoisotopic (exact) mass is 396 g/mol. The normalized spacial score (nSPS) is 10.4. The van der Waals surface area contributed by atoms with Crippen LogP contribution in [0.1, 0.15) is 23.1 Å². The van der Waals surface area contributed by atoms with E-state index in [1.807, 2.05) is 31.2 Å². The van der Waals surface area contributed by atoms with Crippen molar-refractivity contribution in [3.8, 4) is 22.8 Å². The molecule has 1 amide bonds. The highest BCUT2D eigenvalue weighted by molar-refractivity contribution is 5.90. The first-order chi connectivity index (χ1) is 14.1. The van der Waals surface area contributed by atoms with Crippen LogP contribution in [0.5, 0.6) is 11.5 Å². The number of rotatable bonds is 8. The van der Waals surface area contributed by atoms with Crippen LogP contribution in [0.25, 0.3) is 11.3 Å². The zero-order chi connectivity index (χ0) is 20.6. The molecule has 7 nitrogen and oxygen atoms in total. The van der Waals surface area contributed by atoms with Gasteiger partial charge in [0.05, 0.1) is 25.6 Å². The number of hydrogen-bond donors (Lipinski definition) is 1. The minimum Gasteiger partial charge on any atom is -0.495 e. The molecule has 8 heteroatoms. The van der Waals surface area contributed by atoms with E-state index in [9.17, 15) is 9.18 Å². The Labute approximate surface area is 167 Å². The van der Waals surface area contributed by atoms with Gasteiger partial charge in [-0.05, 0) is 49.7 Å².